The molecule has 0 atom stereocenters. The largest absolute Gasteiger partial charge is 0.291 e. The molecule has 0 aliphatic rings. The van der Waals surface area contributed by atoms with Crippen LogP contribution in [0.25, 0.3) is 0 Å². The molecule has 0 saturated heterocycles. The summed E-state index contributed by atoms with van der Waals surface area (Å²) in [7, 11) is -3.53. The normalized spacial score (nSPS) is 11.3. The Morgan fingerprint density at radius 2 is 1.89 bits per heavy atom. The zero-order valence-electron chi connectivity index (χ0n) is 9.75. The molecule has 0 saturated carbocycles. The van der Waals surface area contributed by atoms with E-state index in [9.17, 15) is 8.42 Å². The number of hydrogen-bond acceptors (Lipinski definition) is 5. The van der Waals surface area contributed by atoms with Crippen LogP contribution < -0.4 is 5.48 Å². The Morgan fingerprint density at radius 1 is 1.21 bits per heavy atom. The molecule has 2 N–H and O–H groups in total. The molecule has 0 amide bonds. The van der Waals surface area contributed by atoms with Crippen molar-refractivity contribution in [3.8, 4) is 0 Å². The molecule has 0 spiro atoms. The van der Waals surface area contributed by atoms with Crippen molar-refractivity contribution < 1.29 is 13.6 Å². The van der Waals surface area contributed by atoms with E-state index in [1.54, 1.807) is 12.1 Å². The number of aromatic nitrogens is 1. The van der Waals surface area contributed by atoms with Gasteiger partial charge in [0.2, 0.25) is 0 Å². The molecule has 5 nitrogen and oxygen atoms in total. The van der Waals surface area contributed by atoms with Crippen molar-refractivity contribution in [1.82, 2.24) is 4.98 Å². The van der Waals surface area contributed by atoms with Gasteiger partial charge in [0, 0.05) is 11.2 Å². The van der Waals surface area contributed by atoms with Crippen molar-refractivity contribution in [1.29, 1.82) is 0 Å². The highest BCUT2D eigenvalue weighted by Gasteiger charge is 2.18. The average molecular weight is 299 g/mol. The lowest BCUT2D eigenvalue weighted by molar-refractivity contribution is 0.388. The minimum absolute atomic E-state index is 0.159. The van der Waals surface area contributed by atoms with Crippen LogP contribution in [0.4, 0.5) is 5.69 Å². The monoisotopic (exact) mass is 298 g/mol. The summed E-state index contributed by atoms with van der Waals surface area (Å²) in [5.41, 5.74) is 2.44. The van der Waals surface area contributed by atoms with E-state index in [0.29, 0.717) is 5.02 Å². The molecule has 0 unspecified atom stereocenters. The number of rotatable bonds is 4. The summed E-state index contributed by atoms with van der Waals surface area (Å²) < 4.78 is 24.4. The topological polar surface area (TPSA) is 79.3 Å². The lowest BCUT2D eigenvalue weighted by Crippen LogP contribution is -2.08. The lowest BCUT2D eigenvalue weighted by atomic mass is 10.3. The van der Waals surface area contributed by atoms with Gasteiger partial charge in [-0.05, 0) is 36.4 Å². The summed E-state index contributed by atoms with van der Waals surface area (Å²) in [5.74, 6) is -0.307. The van der Waals surface area contributed by atoms with Crippen LogP contribution in [0.15, 0.2) is 47.5 Å². The van der Waals surface area contributed by atoms with Gasteiger partial charge in [0.05, 0.1) is 22.0 Å². The van der Waals surface area contributed by atoms with Crippen molar-refractivity contribution in [2.75, 3.05) is 5.48 Å². The van der Waals surface area contributed by atoms with Crippen LogP contribution in [-0.2, 0) is 15.6 Å². The molecule has 0 aliphatic carbocycles. The van der Waals surface area contributed by atoms with Gasteiger partial charge >= 0.3 is 0 Å². The number of hydrogen-bond donors (Lipinski definition) is 2. The van der Waals surface area contributed by atoms with E-state index in [0.717, 1.165) is 0 Å². The predicted molar refractivity (Wildman–Crippen MR) is 72.0 cm³/mol. The Kier molecular flexibility index (Phi) is 4.04. The van der Waals surface area contributed by atoms with Crippen LogP contribution in [0, 0.1) is 0 Å². The summed E-state index contributed by atoms with van der Waals surface area (Å²) >= 11 is 5.72. The van der Waals surface area contributed by atoms with Crippen molar-refractivity contribution in [2.45, 2.75) is 10.6 Å². The van der Waals surface area contributed by atoms with Gasteiger partial charge in [-0.2, -0.15) is 0 Å². The van der Waals surface area contributed by atoms with Gasteiger partial charge < -0.3 is 0 Å². The molecule has 7 heteroatoms. The maximum atomic E-state index is 12.2. The van der Waals surface area contributed by atoms with Crippen molar-refractivity contribution in [3.05, 3.63) is 53.3 Å². The molecular weight excluding hydrogens is 288 g/mol. The summed E-state index contributed by atoms with van der Waals surface area (Å²) in [5, 5.41) is 9.39. The maximum Gasteiger partial charge on any atom is 0.184 e. The van der Waals surface area contributed by atoms with E-state index in [4.69, 9.17) is 16.8 Å². The second-order valence-electron chi connectivity index (χ2n) is 3.82. The molecule has 0 aliphatic heterocycles. The Balaban J connectivity index is 2.34. The van der Waals surface area contributed by atoms with E-state index in [1.165, 1.54) is 30.5 Å². The molecule has 100 valence electrons. The predicted octanol–water partition coefficient (Wildman–Crippen LogP) is 2.51. The molecule has 0 radical (unpaired) electrons. The molecule has 2 aromatic rings. The van der Waals surface area contributed by atoms with Gasteiger partial charge in [-0.3, -0.25) is 15.7 Å². The first-order valence-electron chi connectivity index (χ1n) is 5.35. The van der Waals surface area contributed by atoms with Crippen LogP contribution >= 0.6 is 11.6 Å². The minimum atomic E-state index is -3.53. The van der Waals surface area contributed by atoms with Crippen LogP contribution in [0.5, 0.6) is 0 Å². The number of nitrogens with one attached hydrogen (secondary N) is 1. The van der Waals surface area contributed by atoms with Crippen molar-refractivity contribution in [3.63, 3.8) is 0 Å². The highest BCUT2D eigenvalue weighted by atomic mass is 35.5. The van der Waals surface area contributed by atoms with E-state index >= 15 is 0 Å². The van der Waals surface area contributed by atoms with E-state index < -0.39 is 9.84 Å². The molecule has 1 aromatic carbocycles. The highest BCUT2D eigenvalue weighted by molar-refractivity contribution is 7.90. The Labute approximate surface area is 115 Å². The van der Waals surface area contributed by atoms with Crippen LogP contribution in [0.2, 0.25) is 5.02 Å². The first-order chi connectivity index (χ1) is 9.03. The number of anilines is 1. The van der Waals surface area contributed by atoms with Crippen LogP contribution in [0.1, 0.15) is 5.69 Å². The van der Waals surface area contributed by atoms with Gasteiger partial charge in [-0.1, -0.05) is 11.6 Å². The first-order valence-corrected chi connectivity index (χ1v) is 7.38. The average Bonchev–Trinajstić information content (AvgIpc) is 2.39. The summed E-state index contributed by atoms with van der Waals surface area (Å²) in [6, 6.07) is 9.03. The highest BCUT2D eigenvalue weighted by Crippen LogP contribution is 2.21. The molecule has 0 bridgehead atoms. The SMILES string of the molecule is O=S(=O)(Cc1ncccc1NO)c1ccc(Cl)cc1. The second kappa shape index (κ2) is 5.56. The zero-order valence-corrected chi connectivity index (χ0v) is 11.3. The van der Waals surface area contributed by atoms with Crippen LogP contribution in [-0.4, -0.2) is 18.6 Å². The summed E-state index contributed by atoms with van der Waals surface area (Å²) in [4.78, 5) is 4.11. The molecule has 19 heavy (non-hydrogen) atoms. The molecule has 1 aromatic heterocycles. The van der Waals surface area contributed by atoms with Crippen molar-refractivity contribution >= 4 is 27.1 Å². The third-order valence-electron chi connectivity index (χ3n) is 2.51. The molecule has 1 heterocycles. The Morgan fingerprint density at radius 3 is 2.53 bits per heavy atom. The number of pyridine rings is 1. The number of halogens is 1. The third kappa shape index (κ3) is 3.23. The summed E-state index contributed by atoms with van der Waals surface area (Å²) in [6.45, 7) is 0. The van der Waals surface area contributed by atoms with Gasteiger partial charge in [-0.25, -0.2) is 8.42 Å². The Hall–Kier alpha value is -1.63. The summed E-state index contributed by atoms with van der Waals surface area (Å²) in [6.07, 6.45) is 1.47. The van der Waals surface area contributed by atoms with Gasteiger partial charge in [0.25, 0.3) is 0 Å². The standard InChI is InChI=1S/C12H11ClN2O3S/c13-9-3-5-10(6-4-9)19(17,18)8-12-11(15-16)2-1-7-14-12/h1-7,15-16H,8H2. The second-order valence-corrected chi connectivity index (χ2v) is 6.25. The number of sulfone groups is 1. The van der Waals surface area contributed by atoms with Gasteiger partial charge in [0.1, 0.15) is 0 Å². The zero-order chi connectivity index (χ0) is 13.9. The fraction of sp³-hybridized carbons (Fsp3) is 0.0833. The lowest BCUT2D eigenvalue weighted by Gasteiger charge is -2.08. The minimum Gasteiger partial charge on any atom is -0.291 e. The number of nitrogens with zero attached hydrogens (tertiary/aromatic N) is 1. The molecule has 0 fully saturated rings. The van der Waals surface area contributed by atoms with E-state index in [-0.39, 0.29) is 22.0 Å². The quantitative estimate of drug-likeness (QED) is 0.848. The van der Waals surface area contributed by atoms with E-state index in [2.05, 4.69) is 4.98 Å². The smallest absolute Gasteiger partial charge is 0.184 e. The molecule has 2 rings (SSSR count). The van der Waals surface area contributed by atoms with E-state index in [1.807, 2.05) is 5.48 Å². The van der Waals surface area contributed by atoms with Gasteiger partial charge in [0.15, 0.2) is 9.84 Å². The number of benzene rings is 1. The first kappa shape index (κ1) is 13.8. The van der Waals surface area contributed by atoms with Crippen molar-refractivity contribution in [2.24, 2.45) is 0 Å². The fourth-order valence-electron chi connectivity index (χ4n) is 1.56. The third-order valence-corrected chi connectivity index (χ3v) is 4.41. The fourth-order valence-corrected chi connectivity index (χ4v) is 2.99. The Bertz CT molecular complexity index is 672. The maximum absolute atomic E-state index is 12.2. The van der Waals surface area contributed by atoms with Crippen LogP contribution in [0.3, 0.4) is 0 Å². The van der Waals surface area contributed by atoms with Gasteiger partial charge in [-0.15, -0.1) is 0 Å². The molecular formula is C12H11ClN2O3S.